The van der Waals surface area contributed by atoms with E-state index in [-0.39, 0.29) is 4.90 Å². The number of aromatic nitrogens is 3. The average Bonchev–Trinajstić information content (AvgIpc) is 3.34. The Balaban J connectivity index is 1.52. The third-order valence-corrected chi connectivity index (χ3v) is 7.32. The highest BCUT2D eigenvalue weighted by Gasteiger charge is 2.31. The van der Waals surface area contributed by atoms with Gasteiger partial charge in [-0.1, -0.05) is 0 Å². The molecule has 1 aliphatic rings. The van der Waals surface area contributed by atoms with Gasteiger partial charge in [0.2, 0.25) is 10.0 Å². The van der Waals surface area contributed by atoms with Gasteiger partial charge in [0.1, 0.15) is 33.9 Å². The Labute approximate surface area is 194 Å². The Bertz CT molecular complexity index is 1190. The number of nitrogens with zero attached hydrogens (tertiary/aromatic N) is 5. The Hall–Kier alpha value is -3.11. The molecule has 1 fully saturated rings. The molecule has 4 rings (SSSR count). The van der Waals surface area contributed by atoms with Crippen molar-refractivity contribution in [2.45, 2.75) is 25.7 Å². The number of piperazine rings is 1. The quantitative estimate of drug-likeness (QED) is 0.499. The number of benzene rings is 1. The lowest BCUT2D eigenvalue weighted by Gasteiger charge is -2.35. The van der Waals surface area contributed by atoms with Gasteiger partial charge in [-0.05, 0) is 45.0 Å². The summed E-state index contributed by atoms with van der Waals surface area (Å²) in [4.78, 5) is 11.3. The van der Waals surface area contributed by atoms with E-state index in [1.54, 1.807) is 18.2 Å². The normalized spacial score (nSPS) is 14.9. The van der Waals surface area contributed by atoms with E-state index >= 15 is 0 Å². The number of hydrogen-bond acceptors (Lipinski definition) is 7. The van der Waals surface area contributed by atoms with Gasteiger partial charge in [0.05, 0.1) is 13.2 Å². The molecule has 2 aromatic heterocycles. The van der Waals surface area contributed by atoms with Crippen molar-refractivity contribution in [1.82, 2.24) is 18.8 Å². The standard InChI is InChI=1S/C23H29N5O4S/c1-4-31-19-8-9-21(20(16-19)32-5-2)33(29,30)28-14-12-27(13-15-28)23-17-22(24-18(3)25-23)26-10-6-7-11-26/h6-11,16-17H,4-5,12-15H2,1-3H3. The zero-order chi connectivity index (χ0) is 23.4. The number of rotatable bonds is 8. The van der Waals surface area contributed by atoms with Crippen LogP contribution >= 0.6 is 0 Å². The van der Waals surface area contributed by atoms with Crippen LogP contribution in [0.3, 0.4) is 0 Å². The van der Waals surface area contributed by atoms with E-state index in [1.165, 1.54) is 4.31 Å². The van der Waals surface area contributed by atoms with Crippen molar-refractivity contribution in [3.8, 4) is 17.3 Å². The molecule has 1 aromatic carbocycles. The molecule has 1 saturated heterocycles. The predicted molar refractivity (Wildman–Crippen MR) is 126 cm³/mol. The van der Waals surface area contributed by atoms with E-state index in [0.717, 1.165) is 11.6 Å². The maximum absolute atomic E-state index is 13.4. The van der Waals surface area contributed by atoms with E-state index < -0.39 is 10.0 Å². The molecule has 0 spiro atoms. The maximum Gasteiger partial charge on any atom is 0.246 e. The fraction of sp³-hybridized carbons (Fsp3) is 0.391. The molecule has 33 heavy (non-hydrogen) atoms. The SMILES string of the molecule is CCOc1ccc(S(=O)(=O)N2CCN(c3cc(-n4cccc4)nc(C)n3)CC2)c(OCC)c1. The van der Waals surface area contributed by atoms with Crippen LogP contribution in [-0.2, 0) is 10.0 Å². The molecule has 0 unspecified atom stereocenters. The van der Waals surface area contributed by atoms with Gasteiger partial charge in [0.15, 0.2) is 0 Å². The summed E-state index contributed by atoms with van der Waals surface area (Å²) in [7, 11) is -3.71. The fourth-order valence-corrected chi connectivity index (χ4v) is 5.38. The molecule has 3 heterocycles. The smallest absolute Gasteiger partial charge is 0.246 e. The zero-order valence-corrected chi connectivity index (χ0v) is 20.0. The van der Waals surface area contributed by atoms with Crippen molar-refractivity contribution in [2.24, 2.45) is 0 Å². The van der Waals surface area contributed by atoms with Gasteiger partial charge in [-0.3, -0.25) is 0 Å². The van der Waals surface area contributed by atoms with Crippen molar-refractivity contribution in [3.63, 3.8) is 0 Å². The van der Waals surface area contributed by atoms with Crippen LogP contribution in [0.4, 0.5) is 5.82 Å². The van der Waals surface area contributed by atoms with Crippen LogP contribution in [0.2, 0.25) is 0 Å². The zero-order valence-electron chi connectivity index (χ0n) is 19.1. The number of anilines is 1. The average molecular weight is 472 g/mol. The van der Waals surface area contributed by atoms with Gasteiger partial charge in [-0.15, -0.1) is 0 Å². The molecular weight excluding hydrogens is 442 g/mol. The molecule has 0 atom stereocenters. The summed E-state index contributed by atoms with van der Waals surface area (Å²) in [5.41, 5.74) is 0. The van der Waals surface area contributed by atoms with E-state index in [1.807, 2.05) is 55.9 Å². The highest BCUT2D eigenvalue weighted by atomic mass is 32.2. The fourth-order valence-electron chi connectivity index (χ4n) is 3.84. The third-order valence-electron chi connectivity index (χ3n) is 5.39. The predicted octanol–water partition coefficient (Wildman–Crippen LogP) is 2.88. The van der Waals surface area contributed by atoms with Crippen LogP contribution < -0.4 is 14.4 Å². The van der Waals surface area contributed by atoms with Crippen LogP contribution in [0, 0.1) is 6.92 Å². The molecule has 0 saturated carbocycles. The third kappa shape index (κ3) is 4.96. The summed E-state index contributed by atoms with van der Waals surface area (Å²) in [6.07, 6.45) is 3.87. The van der Waals surface area contributed by atoms with Crippen molar-refractivity contribution < 1.29 is 17.9 Å². The Morgan fingerprint density at radius 1 is 0.909 bits per heavy atom. The second kappa shape index (κ2) is 9.80. The highest BCUT2D eigenvalue weighted by molar-refractivity contribution is 7.89. The summed E-state index contributed by atoms with van der Waals surface area (Å²) in [6.45, 7) is 8.18. The van der Waals surface area contributed by atoms with E-state index in [9.17, 15) is 8.42 Å². The summed E-state index contributed by atoms with van der Waals surface area (Å²) in [5, 5.41) is 0. The van der Waals surface area contributed by atoms with E-state index in [2.05, 4.69) is 14.9 Å². The van der Waals surface area contributed by atoms with Crippen LogP contribution in [0.15, 0.2) is 53.7 Å². The Kier molecular flexibility index (Phi) is 6.85. The number of hydrogen-bond donors (Lipinski definition) is 0. The first-order chi connectivity index (χ1) is 15.9. The molecule has 3 aromatic rings. The van der Waals surface area contributed by atoms with E-state index in [4.69, 9.17) is 9.47 Å². The number of aryl methyl sites for hydroxylation is 1. The molecule has 0 bridgehead atoms. The first-order valence-electron chi connectivity index (χ1n) is 11.1. The van der Waals surface area contributed by atoms with Crippen molar-refractivity contribution in [1.29, 1.82) is 0 Å². The monoisotopic (exact) mass is 471 g/mol. The van der Waals surface area contributed by atoms with Gasteiger partial charge in [-0.25, -0.2) is 18.4 Å². The lowest BCUT2D eigenvalue weighted by Crippen LogP contribution is -2.49. The molecule has 0 N–H and O–H groups in total. The second-order valence-electron chi connectivity index (χ2n) is 7.59. The molecule has 9 nitrogen and oxygen atoms in total. The van der Waals surface area contributed by atoms with Crippen molar-refractivity contribution >= 4 is 15.8 Å². The van der Waals surface area contributed by atoms with Gasteiger partial charge >= 0.3 is 0 Å². The number of sulfonamides is 1. The summed E-state index contributed by atoms with van der Waals surface area (Å²) >= 11 is 0. The lowest BCUT2D eigenvalue weighted by molar-refractivity contribution is 0.314. The molecule has 1 aliphatic heterocycles. The molecule has 0 radical (unpaired) electrons. The van der Waals surface area contributed by atoms with Crippen LogP contribution in [-0.4, -0.2) is 66.7 Å². The minimum Gasteiger partial charge on any atom is -0.494 e. The molecule has 10 heteroatoms. The molecule has 0 amide bonds. The summed E-state index contributed by atoms with van der Waals surface area (Å²) < 4.78 is 41.4. The largest absolute Gasteiger partial charge is 0.494 e. The minimum atomic E-state index is -3.71. The van der Waals surface area contributed by atoms with Crippen LogP contribution in [0.25, 0.3) is 5.82 Å². The molecule has 0 aliphatic carbocycles. The summed E-state index contributed by atoms with van der Waals surface area (Å²) in [5.74, 6) is 3.14. The van der Waals surface area contributed by atoms with Gasteiger partial charge in [0.25, 0.3) is 0 Å². The van der Waals surface area contributed by atoms with Gasteiger partial charge in [0, 0.05) is 50.7 Å². The molecule has 176 valence electrons. The minimum absolute atomic E-state index is 0.161. The van der Waals surface area contributed by atoms with Crippen LogP contribution in [0.5, 0.6) is 11.5 Å². The van der Waals surface area contributed by atoms with Gasteiger partial charge < -0.3 is 18.9 Å². The van der Waals surface area contributed by atoms with Crippen LogP contribution in [0.1, 0.15) is 19.7 Å². The second-order valence-corrected chi connectivity index (χ2v) is 9.49. The topological polar surface area (TPSA) is 89.8 Å². The maximum atomic E-state index is 13.4. The Morgan fingerprint density at radius 3 is 2.24 bits per heavy atom. The van der Waals surface area contributed by atoms with Gasteiger partial charge in [-0.2, -0.15) is 4.31 Å². The first kappa shape index (κ1) is 23.1. The lowest BCUT2D eigenvalue weighted by atomic mass is 10.3. The number of ether oxygens (including phenoxy) is 2. The first-order valence-corrected chi connectivity index (χ1v) is 12.5. The molecular formula is C23H29N5O4S. The Morgan fingerprint density at radius 2 is 1.58 bits per heavy atom. The van der Waals surface area contributed by atoms with Crippen molar-refractivity contribution in [2.75, 3.05) is 44.3 Å². The summed E-state index contributed by atoms with van der Waals surface area (Å²) in [6, 6.07) is 10.7. The van der Waals surface area contributed by atoms with Crippen molar-refractivity contribution in [3.05, 3.63) is 54.6 Å². The van der Waals surface area contributed by atoms with E-state index in [0.29, 0.717) is 56.7 Å². The highest BCUT2D eigenvalue weighted by Crippen LogP contribution is 2.32.